The maximum atomic E-state index is 12.0. The largest absolute Gasteiger partial charge is 0.480 e. The van der Waals surface area contributed by atoms with Crippen molar-refractivity contribution in [2.24, 2.45) is 0 Å². The molecule has 0 unspecified atom stereocenters. The number of rotatable bonds is 19. The number of aromatic nitrogens is 2. The molecule has 1 aromatic rings. The van der Waals surface area contributed by atoms with Crippen LogP contribution in [0.3, 0.4) is 0 Å². The van der Waals surface area contributed by atoms with Gasteiger partial charge in [0.2, 0.25) is 5.91 Å². The summed E-state index contributed by atoms with van der Waals surface area (Å²) in [6.07, 6.45) is 21.5. The van der Waals surface area contributed by atoms with E-state index in [1.54, 1.807) is 6.20 Å². The summed E-state index contributed by atoms with van der Waals surface area (Å²) in [4.78, 5) is 30.1. The zero-order valence-electron chi connectivity index (χ0n) is 18.3. The van der Waals surface area contributed by atoms with Gasteiger partial charge >= 0.3 is 5.97 Å². The summed E-state index contributed by atoms with van der Waals surface area (Å²) in [6, 6.07) is -0.908. The molecule has 0 saturated carbocycles. The molecule has 6 heteroatoms. The standard InChI is InChI=1S/C23H41N3O3/c1-2-3-4-5-6-7-8-9-10-11-12-13-14-15-16-22(27)26-21(23(28)29)17-20-18-24-19-25-20/h18-19,21H,2-17H2,1H3,(H,24,25)(H,26,27)(H,28,29)/t21-/m0/s1. The summed E-state index contributed by atoms with van der Waals surface area (Å²) in [5, 5.41) is 11.9. The van der Waals surface area contributed by atoms with Gasteiger partial charge < -0.3 is 15.4 Å². The van der Waals surface area contributed by atoms with Gasteiger partial charge in [-0.2, -0.15) is 0 Å². The van der Waals surface area contributed by atoms with E-state index in [4.69, 9.17) is 0 Å². The van der Waals surface area contributed by atoms with Crippen LogP contribution in [0.5, 0.6) is 0 Å². The van der Waals surface area contributed by atoms with Gasteiger partial charge in [0.05, 0.1) is 6.33 Å². The zero-order chi connectivity index (χ0) is 21.2. The Kier molecular flexibility index (Phi) is 14.8. The van der Waals surface area contributed by atoms with Crippen LogP contribution in [-0.4, -0.2) is 33.0 Å². The predicted molar refractivity (Wildman–Crippen MR) is 117 cm³/mol. The summed E-state index contributed by atoms with van der Waals surface area (Å²) < 4.78 is 0. The van der Waals surface area contributed by atoms with E-state index < -0.39 is 12.0 Å². The highest BCUT2D eigenvalue weighted by Crippen LogP contribution is 2.13. The predicted octanol–water partition coefficient (Wildman–Crippen LogP) is 5.39. The molecule has 166 valence electrons. The van der Waals surface area contributed by atoms with Gasteiger partial charge in [-0.05, 0) is 6.42 Å². The van der Waals surface area contributed by atoms with Crippen LogP contribution >= 0.6 is 0 Å². The molecule has 1 aromatic heterocycles. The van der Waals surface area contributed by atoms with Crippen LogP contribution in [0, 0.1) is 0 Å². The van der Waals surface area contributed by atoms with Gasteiger partial charge in [-0.3, -0.25) is 4.79 Å². The Morgan fingerprint density at radius 1 is 0.931 bits per heavy atom. The summed E-state index contributed by atoms with van der Waals surface area (Å²) in [7, 11) is 0. The number of carboxylic acids is 1. The number of hydrogen-bond acceptors (Lipinski definition) is 3. The lowest BCUT2D eigenvalue weighted by Crippen LogP contribution is -2.42. The molecule has 29 heavy (non-hydrogen) atoms. The molecule has 1 heterocycles. The van der Waals surface area contributed by atoms with Crippen LogP contribution in [0.1, 0.15) is 109 Å². The first kappa shape index (κ1) is 25.2. The summed E-state index contributed by atoms with van der Waals surface area (Å²) in [5.74, 6) is -1.20. The van der Waals surface area contributed by atoms with Gasteiger partial charge in [0.1, 0.15) is 6.04 Å². The van der Waals surface area contributed by atoms with E-state index in [1.165, 1.54) is 77.0 Å². The first-order valence-electron chi connectivity index (χ1n) is 11.6. The lowest BCUT2D eigenvalue weighted by molar-refractivity contribution is -0.141. The smallest absolute Gasteiger partial charge is 0.326 e. The number of carboxylic acid groups (broad SMARTS) is 1. The molecule has 3 N–H and O–H groups in total. The third-order valence-electron chi connectivity index (χ3n) is 5.37. The maximum Gasteiger partial charge on any atom is 0.326 e. The summed E-state index contributed by atoms with van der Waals surface area (Å²) >= 11 is 0. The van der Waals surface area contributed by atoms with Crippen molar-refractivity contribution < 1.29 is 14.7 Å². The number of aliphatic carboxylic acids is 1. The number of imidazole rings is 1. The molecule has 0 aliphatic rings. The molecule has 0 fully saturated rings. The highest BCUT2D eigenvalue weighted by molar-refractivity contribution is 5.83. The molecule has 1 atom stereocenters. The third kappa shape index (κ3) is 13.9. The third-order valence-corrected chi connectivity index (χ3v) is 5.37. The van der Waals surface area contributed by atoms with Crippen molar-refractivity contribution in [3.63, 3.8) is 0 Å². The Morgan fingerprint density at radius 2 is 1.45 bits per heavy atom. The van der Waals surface area contributed by atoms with Gasteiger partial charge in [-0.15, -0.1) is 0 Å². The number of unbranched alkanes of at least 4 members (excludes halogenated alkanes) is 13. The Labute approximate surface area is 176 Å². The minimum absolute atomic E-state index is 0.184. The fourth-order valence-electron chi connectivity index (χ4n) is 3.56. The minimum Gasteiger partial charge on any atom is -0.480 e. The number of carbonyl (C=O) groups is 2. The fourth-order valence-corrected chi connectivity index (χ4v) is 3.56. The van der Waals surface area contributed by atoms with E-state index in [0.717, 1.165) is 19.3 Å². The van der Waals surface area contributed by atoms with Crippen molar-refractivity contribution in [1.29, 1.82) is 0 Å². The molecule has 6 nitrogen and oxygen atoms in total. The van der Waals surface area contributed by atoms with E-state index in [-0.39, 0.29) is 12.3 Å². The molecule has 0 aliphatic carbocycles. The van der Waals surface area contributed by atoms with Crippen molar-refractivity contribution in [2.45, 2.75) is 116 Å². The molecule has 1 rings (SSSR count). The number of hydrogen-bond donors (Lipinski definition) is 3. The molecule has 0 saturated heterocycles. The highest BCUT2D eigenvalue weighted by Gasteiger charge is 2.20. The lowest BCUT2D eigenvalue weighted by atomic mass is 10.0. The van der Waals surface area contributed by atoms with Crippen LogP contribution in [-0.2, 0) is 16.0 Å². The van der Waals surface area contributed by atoms with Gasteiger partial charge in [0, 0.05) is 24.7 Å². The first-order valence-corrected chi connectivity index (χ1v) is 11.6. The average molecular weight is 408 g/mol. The minimum atomic E-state index is -1.02. The SMILES string of the molecule is CCCCCCCCCCCCCCCCC(=O)N[C@@H](Cc1cnc[nH]1)C(=O)O. The summed E-state index contributed by atoms with van der Waals surface area (Å²) in [5.41, 5.74) is 0.703. The first-order chi connectivity index (χ1) is 14.1. The molecule has 0 radical (unpaired) electrons. The number of nitrogens with zero attached hydrogens (tertiary/aromatic N) is 1. The average Bonchev–Trinajstić information content (AvgIpc) is 3.21. The number of aromatic amines is 1. The number of carbonyl (C=O) groups excluding carboxylic acids is 1. The van der Waals surface area contributed by atoms with E-state index in [0.29, 0.717) is 12.1 Å². The Morgan fingerprint density at radius 3 is 1.90 bits per heavy atom. The molecule has 1 amide bonds. The van der Waals surface area contributed by atoms with E-state index in [1.807, 2.05) is 0 Å². The van der Waals surface area contributed by atoms with E-state index >= 15 is 0 Å². The van der Waals surface area contributed by atoms with Gasteiger partial charge in [-0.1, -0.05) is 90.4 Å². The van der Waals surface area contributed by atoms with E-state index in [2.05, 4.69) is 22.2 Å². The Balaban J connectivity index is 1.93. The van der Waals surface area contributed by atoms with Crippen LogP contribution in [0.4, 0.5) is 0 Å². The van der Waals surface area contributed by atoms with Crippen LogP contribution in [0.15, 0.2) is 12.5 Å². The molecular formula is C23H41N3O3. The van der Waals surface area contributed by atoms with Gasteiger partial charge in [0.25, 0.3) is 0 Å². The number of amides is 1. The molecule has 0 aliphatic heterocycles. The number of nitrogens with one attached hydrogen (secondary N) is 2. The van der Waals surface area contributed by atoms with Crippen molar-refractivity contribution in [3.05, 3.63) is 18.2 Å². The van der Waals surface area contributed by atoms with Gasteiger partial charge in [0.15, 0.2) is 0 Å². The zero-order valence-corrected chi connectivity index (χ0v) is 18.3. The Bertz CT molecular complexity index is 531. The van der Waals surface area contributed by atoms with Gasteiger partial charge in [-0.25, -0.2) is 9.78 Å². The van der Waals surface area contributed by atoms with Crippen LogP contribution < -0.4 is 5.32 Å². The maximum absolute atomic E-state index is 12.0. The molecular weight excluding hydrogens is 366 g/mol. The monoisotopic (exact) mass is 407 g/mol. The molecule has 0 spiro atoms. The molecule has 0 aromatic carbocycles. The van der Waals surface area contributed by atoms with Crippen LogP contribution in [0.2, 0.25) is 0 Å². The second kappa shape index (κ2) is 17.0. The Hall–Kier alpha value is -1.85. The second-order valence-electron chi connectivity index (χ2n) is 8.09. The highest BCUT2D eigenvalue weighted by atomic mass is 16.4. The quantitative estimate of drug-likeness (QED) is 0.268. The van der Waals surface area contributed by atoms with Crippen molar-refractivity contribution in [3.8, 4) is 0 Å². The normalized spacial score (nSPS) is 12.0. The van der Waals surface area contributed by atoms with Crippen molar-refractivity contribution in [2.75, 3.05) is 0 Å². The molecule has 0 bridgehead atoms. The topological polar surface area (TPSA) is 95.1 Å². The van der Waals surface area contributed by atoms with Crippen LogP contribution in [0.25, 0.3) is 0 Å². The number of H-pyrrole nitrogens is 1. The van der Waals surface area contributed by atoms with Crippen molar-refractivity contribution in [1.82, 2.24) is 15.3 Å². The van der Waals surface area contributed by atoms with E-state index in [9.17, 15) is 14.7 Å². The summed E-state index contributed by atoms with van der Waals surface area (Å²) in [6.45, 7) is 2.26. The fraction of sp³-hybridized carbons (Fsp3) is 0.783. The second-order valence-corrected chi connectivity index (χ2v) is 8.09. The lowest BCUT2D eigenvalue weighted by Gasteiger charge is -2.13. The van der Waals surface area contributed by atoms with Crippen molar-refractivity contribution >= 4 is 11.9 Å².